The lowest BCUT2D eigenvalue weighted by atomic mass is 9.73. The number of aromatic nitrogens is 4. The van der Waals surface area contributed by atoms with Crippen molar-refractivity contribution in [2.24, 2.45) is 13.0 Å². The highest BCUT2D eigenvalue weighted by Crippen LogP contribution is 2.43. The van der Waals surface area contributed by atoms with E-state index < -0.39 is 59.5 Å². The Bertz CT molecular complexity index is 1360. The predicted molar refractivity (Wildman–Crippen MR) is 133 cm³/mol. The normalized spacial score (nSPS) is 16.9. The molecule has 1 unspecified atom stereocenters. The van der Waals surface area contributed by atoms with Crippen LogP contribution in [-0.2, 0) is 44.3 Å². The first-order chi connectivity index (χ1) is 19.4. The van der Waals surface area contributed by atoms with Crippen LogP contribution in [-0.4, -0.2) is 25.3 Å². The Kier molecular flexibility index (Phi) is 8.55. The molecule has 1 atom stereocenters. The third-order valence-electron chi connectivity index (χ3n) is 7.54. The Labute approximate surface area is 235 Å². The lowest BCUT2D eigenvalue weighted by Crippen LogP contribution is -2.35. The standard InChI is InChI=1S/C27H28F9N5O/c1-24(42,18-6-4-3-5-7-18)22-9-8-19(25(28,29)30)12-17(22)15-41(23-37-39-40(2)38-23)14-16-10-20(26(31,32)33)13-21(11-16)27(34,35)36/h8-13,18,42H,3-7,14-15H2,1-2H3. The molecule has 0 amide bonds. The molecule has 0 aliphatic heterocycles. The molecule has 42 heavy (non-hydrogen) atoms. The molecule has 230 valence electrons. The summed E-state index contributed by atoms with van der Waals surface area (Å²) in [5.74, 6) is -0.521. The molecule has 3 aromatic rings. The van der Waals surface area contributed by atoms with Crippen LogP contribution in [0.1, 0.15) is 72.4 Å². The maximum Gasteiger partial charge on any atom is 0.416 e. The zero-order chi connectivity index (χ0) is 31.1. The summed E-state index contributed by atoms with van der Waals surface area (Å²) in [5, 5.41) is 23.1. The van der Waals surface area contributed by atoms with Crippen molar-refractivity contribution >= 4 is 5.95 Å². The molecule has 1 aromatic heterocycles. The average molecular weight is 610 g/mol. The van der Waals surface area contributed by atoms with Crippen LogP contribution in [0.4, 0.5) is 45.5 Å². The van der Waals surface area contributed by atoms with E-state index in [1.807, 2.05) is 0 Å². The van der Waals surface area contributed by atoms with Crippen molar-refractivity contribution in [2.45, 2.75) is 76.2 Å². The maximum atomic E-state index is 13.7. The summed E-state index contributed by atoms with van der Waals surface area (Å²) in [6.45, 7) is 0.383. The van der Waals surface area contributed by atoms with Crippen LogP contribution in [0.2, 0.25) is 0 Å². The first kappa shape index (κ1) is 31.6. The highest BCUT2D eigenvalue weighted by atomic mass is 19.4. The molecule has 1 N–H and O–H groups in total. The van der Waals surface area contributed by atoms with E-state index in [0.717, 1.165) is 41.1 Å². The fourth-order valence-corrected chi connectivity index (χ4v) is 5.41. The minimum Gasteiger partial charge on any atom is -0.385 e. The molecule has 0 radical (unpaired) electrons. The second-order valence-electron chi connectivity index (χ2n) is 10.7. The number of anilines is 1. The minimum absolute atomic E-state index is 0.0132. The van der Waals surface area contributed by atoms with Gasteiger partial charge in [-0.25, -0.2) is 0 Å². The van der Waals surface area contributed by atoms with Crippen molar-refractivity contribution in [3.05, 3.63) is 69.8 Å². The second-order valence-corrected chi connectivity index (χ2v) is 10.7. The second kappa shape index (κ2) is 11.4. The fraction of sp³-hybridized carbons (Fsp3) is 0.519. The van der Waals surface area contributed by atoms with Gasteiger partial charge in [-0.05, 0) is 77.9 Å². The van der Waals surface area contributed by atoms with Crippen molar-refractivity contribution < 1.29 is 44.6 Å². The van der Waals surface area contributed by atoms with Crippen LogP contribution in [0.25, 0.3) is 0 Å². The Morgan fingerprint density at radius 3 is 1.88 bits per heavy atom. The van der Waals surface area contributed by atoms with Gasteiger partial charge in [-0.3, -0.25) is 0 Å². The van der Waals surface area contributed by atoms with Gasteiger partial charge >= 0.3 is 18.5 Å². The summed E-state index contributed by atoms with van der Waals surface area (Å²) in [4.78, 5) is 2.11. The summed E-state index contributed by atoms with van der Waals surface area (Å²) in [5.41, 5.74) is -5.99. The summed E-state index contributed by atoms with van der Waals surface area (Å²) < 4.78 is 122. The number of hydrogen-bond donors (Lipinski definition) is 1. The third kappa shape index (κ3) is 7.16. The van der Waals surface area contributed by atoms with Gasteiger partial charge in [0.2, 0.25) is 0 Å². The zero-order valence-corrected chi connectivity index (χ0v) is 22.6. The van der Waals surface area contributed by atoms with Crippen molar-refractivity contribution in [2.75, 3.05) is 4.90 Å². The molecule has 1 aliphatic rings. The van der Waals surface area contributed by atoms with Gasteiger partial charge in [0.05, 0.1) is 29.3 Å². The molecule has 15 heteroatoms. The monoisotopic (exact) mass is 609 g/mol. The van der Waals surface area contributed by atoms with E-state index in [1.54, 1.807) is 0 Å². The van der Waals surface area contributed by atoms with E-state index in [-0.39, 0.29) is 29.1 Å². The van der Waals surface area contributed by atoms with E-state index in [0.29, 0.717) is 25.0 Å². The Morgan fingerprint density at radius 2 is 1.38 bits per heavy atom. The van der Waals surface area contributed by atoms with Gasteiger partial charge in [0.1, 0.15) is 0 Å². The van der Waals surface area contributed by atoms with Gasteiger partial charge in [0.25, 0.3) is 5.95 Å². The molecule has 1 heterocycles. The summed E-state index contributed by atoms with van der Waals surface area (Å²) in [6.07, 6.45) is -11.1. The van der Waals surface area contributed by atoms with Crippen molar-refractivity contribution in [1.29, 1.82) is 0 Å². The molecule has 1 fully saturated rings. The number of halogens is 9. The number of rotatable bonds is 7. The van der Waals surface area contributed by atoms with Gasteiger partial charge in [0.15, 0.2) is 0 Å². The summed E-state index contributed by atoms with van der Waals surface area (Å²) >= 11 is 0. The van der Waals surface area contributed by atoms with Gasteiger partial charge in [-0.15, -0.1) is 5.10 Å². The maximum absolute atomic E-state index is 13.7. The molecule has 2 aromatic carbocycles. The van der Waals surface area contributed by atoms with Gasteiger partial charge in [-0.1, -0.05) is 30.4 Å². The molecule has 4 rings (SSSR count). The molecule has 6 nitrogen and oxygen atoms in total. The zero-order valence-electron chi connectivity index (χ0n) is 22.6. The van der Waals surface area contributed by atoms with Crippen molar-refractivity contribution in [1.82, 2.24) is 20.2 Å². The summed E-state index contributed by atoms with van der Waals surface area (Å²) in [7, 11) is 1.37. The van der Waals surface area contributed by atoms with Gasteiger partial charge in [-0.2, -0.15) is 44.3 Å². The Morgan fingerprint density at radius 1 is 0.810 bits per heavy atom. The molecule has 0 bridgehead atoms. The Balaban J connectivity index is 1.82. The third-order valence-corrected chi connectivity index (χ3v) is 7.54. The van der Waals surface area contributed by atoms with Gasteiger partial charge < -0.3 is 10.0 Å². The lowest BCUT2D eigenvalue weighted by Gasteiger charge is -2.38. The van der Waals surface area contributed by atoms with Crippen molar-refractivity contribution in [3.8, 4) is 0 Å². The highest BCUT2D eigenvalue weighted by molar-refractivity contribution is 5.43. The highest BCUT2D eigenvalue weighted by Gasteiger charge is 2.40. The van der Waals surface area contributed by atoms with Gasteiger partial charge in [0, 0.05) is 13.1 Å². The number of hydrogen-bond acceptors (Lipinski definition) is 5. The first-order valence-corrected chi connectivity index (χ1v) is 13.1. The smallest absolute Gasteiger partial charge is 0.385 e. The fourth-order valence-electron chi connectivity index (χ4n) is 5.41. The first-order valence-electron chi connectivity index (χ1n) is 13.1. The molecule has 1 aliphatic carbocycles. The number of tetrazole rings is 1. The Hall–Kier alpha value is -3.36. The van der Waals surface area contributed by atoms with Crippen LogP contribution in [0.3, 0.4) is 0 Å². The van der Waals surface area contributed by atoms with E-state index in [1.165, 1.54) is 20.0 Å². The minimum atomic E-state index is -5.10. The number of nitrogens with zero attached hydrogens (tertiary/aromatic N) is 5. The quantitative estimate of drug-likeness (QED) is 0.286. The lowest BCUT2D eigenvalue weighted by molar-refractivity contribution is -0.143. The molecular weight excluding hydrogens is 581 g/mol. The van der Waals surface area contributed by atoms with Crippen molar-refractivity contribution in [3.63, 3.8) is 0 Å². The molecular formula is C27H28F9N5O. The van der Waals surface area contributed by atoms with Crippen LogP contribution in [0.5, 0.6) is 0 Å². The van der Waals surface area contributed by atoms with E-state index >= 15 is 0 Å². The largest absolute Gasteiger partial charge is 0.416 e. The topological polar surface area (TPSA) is 67.1 Å². The SMILES string of the molecule is Cn1nnc(N(Cc2cc(C(F)(F)F)cc(C(F)(F)F)c2)Cc2cc(C(F)(F)F)ccc2C(C)(O)C2CCCCC2)n1. The number of benzene rings is 2. The van der Waals surface area contributed by atoms with E-state index in [9.17, 15) is 44.6 Å². The number of alkyl halides is 9. The van der Waals surface area contributed by atoms with Crippen LogP contribution in [0, 0.1) is 5.92 Å². The molecule has 0 saturated heterocycles. The van der Waals surface area contributed by atoms with Crippen LogP contribution < -0.4 is 4.90 Å². The average Bonchev–Trinajstić information content (AvgIpc) is 3.33. The van der Waals surface area contributed by atoms with E-state index in [2.05, 4.69) is 15.4 Å². The van der Waals surface area contributed by atoms with E-state index in [4.69, 9.17) is 0 Å². The van der Waals surface area contributed by atoms with Crippen LogP contribution >= 0.6 is 0 Å². The number of aliphatic hydroxyl groups is 1. The van der Waals surface area contributed by atoms with Crippen LogP contribution in [0.15, 0.2) is 36.4 Å². The molecule has 0 spiro atoms. The predicted octanol–water partition coefficient (Wildman–Crippen LogP) is 7.26. The molecule has 1 saturated carbocycles. The number of aryl methyl sites for hydroxylation is 1. The summed E-state index contributed by atoms with van der Waals surface area (Å²) in [6, 6.07) is 3.88.